The van der Waals surface area contributed by atoms with Gasteiger partial charge in [0.2, 0.25) is 5.39 Å². The molecule has 0 N–H and O–H groups in total. The summed E-state index contributed by atoms with van der Waals surface area (Å²) < 4.78 is 5.53. The van der Waals surface area contributed by atoms with Crippen LogP contribution in [0.25, 0.3) is 10.5 Å². The second-order valence-corrected chi connectivity index (χ2v) is 3.29. The van der Waals surface area contributed by atoms with Crippen molar-refractivity contribution >= 4 is 11.4 Å². The number of hydrogen-bond acceptors (Lipinski definition) is 3. The Morgan fingerprint density at radius 3 is 1.94 bits per heavy atom. The zero-order valence-electron chi connectivity index (χ0n) is 8.82. The van der Waals surface area contributed by atoms with Gasteiger partial charge >= 0.3 is 5.69 Å². The second-order valence-electron chi connectivity index (χ2n) is 3.29. The van der Waals surface area contributed by atoms with Crippen LogP contribution in [0.4, 0.5) is 11.4 Å². The molecule has 0 amide bonds. The number of ether oxygens (including phenoxy) is 1. The molecule has 2 aromatic rings. The van der Waals surface area contributed by atoms with Crippen molar-refractivity contribution in [3.8, 4) is 11.5 Å². The Labute approximate surface area is 97.8 Å². The van der Waals surface area contributed by atoms with Crippen LogP contribution in [-0.4, -0.2) is 0 Å². The first-order chi connectivity index (χ1) is 8.31. The minimum Gasteiger partial charge on any atom is -0.706 e. The van der Waals surface area contributed by atoms with Crippen LogP contribution in [0.1, 0.15) is 0 Å². The van der Waals surface area contributed by atoms with Crippen molar-refractivity contribution in [2.24, 2.45) is 5.11 Å². The highest BCUT2D eigenvalue weighted by Crippen LogP contribution is 2.25. The Kier molecular flexibility index (Phi) is 3.08. The predicted octanol–water partition coefficient (Wildman–Crippen LogP) is 4.62. The summed E-state index contributed by atoms with van der Waals surface area (Å²) in [4.78, 5) is 3.05. The maximum atomic E-state index is 8.53. The van der Waals surface area contributed by atoms with Gasteiger partial charge in [0, 0.05) is 17.8 Å². The maximum Gasteiger partial charge on any atom is 0.385 e. The lowest BCUT2D eigenvalue weighted by Crippen LogP contribution is -1.82. The molecule has 0 atom stereocenters. The lowest BCUT2D eigenvalue weighted by Gasteiger charge is -2.05. The fourth-order valence-corrected chi connectivity index (χ4v) is 1.30. The Bertz CT molecular complexity index is 555. The van der Waals surface area contributed by atoms with Crippen LogP contribution >= 0.6 is 0 Å². The molecule has 0 saturated heterocycles. The van der Waals surface area contributed by atoms with Crippen molar-refractivity contribution in [3.63, 3.8) is 0 Å². The van der Waals surface area contributed by atoms with E-state index in [0.717, 1.165) is 0 Å². The van der Waals surface area contributed by atoms with Gasteiger partial charge in [0.25, 0.3) is 0 Å². The largest absolute Gasteiger partial charge is 0.706 e. The van der Waals surface area contributed by atoms with Gasteiger partial charge in [-0.1, -0.05) is 0 Å². The highest BCUT2D eigenvalue weighted by Gasteiger charge is 2.03. The van der Waals surface area contributed by atoms with Gasteiger partial charge in [0.05, 0.1) is 0 Å². The lowest BCUT2D eigenvalue weighted by molar-refractivity contribution is 0.483. The molecule has 0 spiro atoms. The molecule has 17 heavy (non-hydrogen) atoms. The van der Waals surface area contributed by atoms with Gasteiger partial charge in [0.15, 0.2) is 4.98 Å². The van der Waals surface area contributed by atoms with Gasteiger partial charge < -0.3 is 15.4 Å². The van der Waals surface area contributed by atoms with Gasteiger partial charge in [-0.25, -0.2) is 0 Å². The van der Waals surface area contributed by atoms with Crippen LogP contribution < -0.4 is 4.74 Å². The van der Waals surface area contributed by atoms with E-state index in [2.05, 4.69) is 10.1 Å². The Morgan fingerprint density at radius 1 is 0.941 bits per heavy atom. The highest BCUT2D eigenvalue weighted by molar-refractivity contribution is 5.48. The average molecular weight is 224 g/mol. The third kappa shape index (κ3) is 2.63. The first-order valence-electron chi connectivity index (χ1n) is 4.90. The summed E-state index contributed by atoms with van der Waals surface area (Å²) in [6.45, 7) is 0. The van der Waals surface area contributed by atoms with Crippen LogP contribution in [0, 0.1) is 5.39 Å². The molecule has 2 rings (SSSR count). The third-order valence-corrected chi connectivity index (χ3v) is 2.14. The molecule has 5 nitrogen and oxygen atoms in total. The Hall–Kier alpha value is -2.74. The minimum absolute atomic E-state index is 0.465. The minimum atomic E-state index is 0.465. The number of rotatable bonds is 3. The van der Waals surface area contributed by atoms with Gasteiger partial charge in [-0.3, -0.25) is 0 Å². The van der Waals surface area contributed by atoms with E-state index in [-0.39, 0.29) is 0 Å². The standard InChI is InChI=1S/C12H8N4O/c13-15-9-1-5-11(6-2-9)17-12-7-3-10(16-14)4-8-12/h1-8H. The van der Waals surface area contributed by atoms with E-state index < -0.39 is 0 Å². The molecular weight excluding hydrogens is 216 g/mol. The molecular formula is C12H8N4O. The Morgan fingerprint density at radius 2 is 1.47 bits per heavy atom. The van der Waals surface area contributed by atoms with Crippen molar-refractivity contribution in [2.75, 3.05) is 0 Å². The number of benzene rings is 2. The van der Waals surface area contributed by atoms with Crippen LogP contribution in [0.3, 0.4) is 0 Å². The van der Waals surface area contributed by atoms with Crippen molar-refractivity contribution < 1.29 is 4.74 Å². The van der Waals surface area contributed by atoms with Crippen molar-refractivity contribution in [2.45, 2.75) is 0 Å². The smallest absolute Gasteiger partial charge is 0.385 e. The molecule has 0 radical (unpaired) electrons. The fourth-order valence-electron chi connectivity index (χ4n) is 1.30. The van der Waals surface area contributed by atoms with Crippen molar-refractivity contribution in [1.29, 1.82) is 5.39 Å². The van der Waals surface area contributed by atoms with E-state index in [0.29, 0.717) is 22.9 Å². The molecule has 0 aromatic heterocycles. The Balaban J connectivity index is 2.14. The van der Waals surface area contributed by atoms with Crippen molar-refractivity contribution in [3.05, 3.63) is 59.0 Å². The summed E-state index contributed by atoms with van der Waals surface area (Å²) in [6, 6.07) is 13.3. The fraction of sp³-hybridized carbons (Fsp3) is 0. The monoisotopic (exact) mass is 224 g/mol. The summed E-state index contributed by atoms with van der Waals surface area (Å²) in [6.07, 6.45) is 0. The summed E-state index contributed by atoms with van der Waals surface area (Å²) in [5, 5.41) is 11.6. The molecule has 0 aliphatic carbocycles. The van der Waals surface area contributed by atoms with Crippen LogP contribution in [0.15, 0.2) is 53.6 Å². The highest BCUT2D eigenvalue weighted by atomic mass is 16.5. The third-order valence-electron chi connectivity index (χ3n) is 2.14. The van der Waals surface area contributed by atoms with E-state index in [1.807, 2.05) is 0 Å². The molecule has 0 fully saturated rings. The topological polar surface area (TPSA) is 72.0 Å². The second kappa shape index (κ2) is 4.86. The van der Waals surface area contributed by atoms with Crippen LogP contribution in [0.2, 0.25) is 0 Å². The average Bonchev–Trinajstić information content (AvgIpc) is 2.40. The molecule has 2 aromatic carbocycles. The van der Waals surface area contributed by atoms with Gasteiger partial charge in [0.1, 0.15) is 11.5 Å². The molecule has 0 aliphatic rings. The molecule has 0 saturated carbocycles. The van der Waals surface area contributed by atoms with Gasteiger partial charge in [-0.2, -0.15) is 0 Å². The zero-order chi connectivity index (χ0) is 12.1. The predicted molar refractivity (Wildman–Crippen MR) is 63.1 cm³/mol. The van der Waals surface area contributed by atoms with E-state index in [4.69, 9.17) is 15.7 Å². The summed E-state index contributed by atoms with van der Waals surface area (Å²) in [7, 11) is 0. The van der Waals surface area contributed by atoms with Crippen LogP contribution in [-0.2, 0) is 0 Å². The molecule has 0 heterocycles. The normalized spacial score (nSPS) is 9.35. The van der Waals surface area contributed by atoms with E-state index in [1.165, 1.54) is 0 Å². The quantitative estimate of drug-likeness (QED) is 0.563. The van der Waals surface area contributed by atoms with E-state index >= 15 is 0 Å². The summed E-state index contributed by atoms with van der Waals surface area (Å²) in [5.41, 5.74) is 9.46. The molecule has 0 unspecified atom stereocenters. The number of diazo groups is 1. The first kappa shape index (κ1) is 10.8. The zero-order valence-corrected chi connectivity index (χ0v) is 8.82. The first-order valence-corrected chi connectivity index (χ1v) is 4.90. The molecule has 0 aliphatic heterocycles. The summed E-state index contributed by atoms with van der Waals surface area (Å²) in [5.74, 6) is 1.26. The lowest BCUT2D eigenvalue weighted by atomic mass is 10.3. The van der Waals surface area contributed by atoms with Crippen LogP contribution in [0.5, 0.6) is 11.5 Å². The SMILES string of the molecule is N#[N+]c1ccc(Oc2ccc(N=[N-])cc2)cc1. The van der Waals surface area contributed by atoms with E-state index in [9.17, 15) is 0 Å². The molecule has 82 valence electrons. The summed E-state index contributed by atoms with van der Waals surface area (Å²) >= 11 is 0. The van der Waals surface area contributed by atoms with Crippen molar-refractivity contribution in [1.82, 2.24) is 0 Å². The number of nitrogens with zero attached hydrogens (tertiary/aromatic N) is 4. The van der Waals surface area contributed by atoms with Gasteiger partial charge in [-0.05, 0) is 36.4 Å². The number of hydrogen-bond donors (Lipinski definition) is 0. The molecule has 0 bridgehead atoms. The van der Waals surface area contributed by atoms with Gasteiger partial charge in [-0.15, -0.1) is 0 Å². The molecule has 5 heteroatoms. The maximum absolute atomic E-state index is 8.53. The van der Waals surface area contributed by atoms with E-state index in [1.54, 1.807) is 48.5 Å².